The monoisotopic (exact) mass is 157 g/mol. The third kappa shape index (κ3) is 2.96. The number of hydrogen-bond donors (Lipinski definition) is 0. The van der Waals surface area contributed by atoms with Crippen molar-refractivity contribution in [3.05, 3.63) is 6.26 Å². The lowest BCUT2D eigenvalue weighted by Crippen LogP contribution is -2.06. The van der Waals surface area contributed by atoms with E-state index in [2.05, 4.69) is 6.26 Å². The first-order chi connectivity index (χ1) is 4.93. The highest BCUT2D eigenvalue weighted by Crippen LogP contribution is 2.26. The van der Waals surface area contributed by atoms with Crippen molar-refractivity contribution >= 4 is 11.8 Å². The summed E-state index contributed by atoms with van der Waals surface area (Å²) in [5, 5.41) is 0. The van der Waals surface area contributed by atoms with E-state index in [0.29, 0.717) is 0 Å². The van der Waals surface area contributed by atoms with Crippen molar-refractivity contribution in [1.29, 1.82) is 0 Å². The largest absolute Gasteiger partial charge is 0.161 e. The van der Waals surface area contributed by atoms with Gasteiger partial charge in [0, 0.05) is 6.26 Å². The van der Waals surface area contributed by atoms with E-state index in [9.17, 15) is 0 Å². The zero-order valence-corrected chi connectivity index (χ0v) is 7.46. The highest BCUT2D eigenvalue weighted by molar-refractivity contribution is 8.00. The summed E-state index contributed by atoms with van der Waals surface area (Å²) < 4.78 is 0. The molecule has 1 heteroatoms. The fourth-order valence-corrected chi connectivity index (χ4v) is 2.23. The molecule has 1 fully saturated rings. The van der Waals surface area contributed by atoms with Crippen LogP contribution in [0.2, 0.25) is 0 Å². The molecule has 0 unspecified atom stereocenters. The molecule has 1 aliphatic rings. The Morgan fingerprint density at radius 1 is 1.20 bits per heavy atom. The molecular formula is C9H17S. The SMILES string of the molecule is [CH2]SCCC1CCCCC1. The fraction of sp³-hybridized carbons (Fsp3) is 0.889. The second kappa shape index (κ2) is 5.06. The second-order valence-electron chi connectivity index (χ2n) is 3.20. The molecule has 0 N–H and O–H groups in total. The molecule has 0 heterocycles. The number of hydrogen-bond acceptors (Lipinski definition) is 1. The first-order valence-corrected chi connectivity index (χ1v) is 5.46. The topological polar surface area (TPSA) is 0 Å². The van der Waals surface area contributed by atoms with Crippen molar-refractivity contribution in [3.63, 3.8) is 0 Å². The van der Waals surface area contributed by atoms with Crippen LogP contribution < -0.4 is 0 Å². The molecule has 0 aromatic carbocycles. The maximum atomic E-state index is 3.79. The standard InChI is InChI=1S/C9H17S/c1-10-8-7-9-5-3-2-4-6-9/h9H,1-8H2. The summed E-state index contributed by atoms with van der Waals surface area (Å²) in [6.07, 6.45) is 12.6. The average molecular weight is 157 g/mol. The molecule has 0 spiro atoms. The van der Waals surface area contributed by atoms with Gasteiger partial charge in [0.05, 0.1) is 0 Å². The Morgan fingerprint density at radius 3 is 2.50 bits per heavy atom. The summed E-state index contributed by atoms with van der Waals surface area (Å²) in [6, 6.07) is 0. The summed E-state index contributed by atoms with van der Waals surface area (Å²) in [5.74, 6) is 2.31. The highest BCUT2D eigenvalue weighted by atomic mass is 32.2. The van der Waals surface area contributed by atoms with Crippen LogP contribution in [0.25, 0.3) is 0 Å². The van der Waals surface area contributed by atoms with Gasteiger partial charge in [0.2, 0.25) is 0 Å². The van der Waals surface area contributed by atoms with E-state index < -0.39 is 0 Å². The van der Waals surface area contributed by atoms with E-state index >= 15 is 0 Å². The van der Waals surface area contributed by atoms with E-state index in [-0.39, 0.29) is 0 Å². The van der Waals surface area contributed by atoms with Crippen molar-refractivity contribution in [2.24, 2.45) is 5.92 Å². The van der Waals surface area contributed by atoms with Gasteiger partial charge in [-0.25, -0.2) is 0 Å². The molecule has 0 bridgehead atoms. The zero-order valence-electron chi connectivity index (χ0n) is 6.64. The normalized spacial score (nSPS) is 21.3. The van der Waals surface area contributed by atoms with Gasteiger partial charge < -0.3 is 0 Å². The molecule has 1 saturated carbocycles. The smallest absolute Gasteiger partial charge is 0.00235 e. The summed E-state index contributed by atoms with van der Waals surface area (Å²) in [5.41, 5.74) is 0. The van der Waals surface area contributed by atoms with Gasteiger partial charge in [0.1, 0.15) is 0 Å². The summed E-state index contributed by atoms with van der Waals surface area (Å²) in [7, 11) is 0. The molecule has 1 radical (unpaired) electrons. The third-order valence-corrected chi connectivity index (χ3v) is 2.92. The molecule has 0 saturated heterocycles. The van der Waals surface area contributed by atoms with Crippen LogP contribution in [0.1, 0.15) is 38.5 Å². The molecule has 0 aromatic heterocycles. The molecule has 0 aromatic rings. The van der Waals surface area contributed by atoms with E-state index in [1.54, 1.807) is 11.8 Å². The fourth-order valence-electron chi connectivity index (χ4n) is 1.73. The first-order valence-electron chi connectivity index (χ1n) is 4.30. The Morgan fingerprint density at radius 2 is 1.90 bits per heavy atom. The second-order valence-corrected chi connectivity index (χ2v) is 4.02. The molecular weight excluding hydrogens is 140 g/mol. The zero-order chi connectivity index (χ0) is 7.23. The van der Waals surface area contributed by atoms with Crippen LogP contribution in [0.15, 0.2) is 0 Å². The average Bonchev–Trinajstić information content (AvgIpc) is 2.03. The molecule has 1 aliphatic carbocycles. The highest BCUT2D eigenvalue weighted by Gasteiger charge is 2.11. The predicted molar refractivity (Wildman–Crippen MR) is 49.0 cm³/mol. The Hall–Kier alpha value is 0.350. The van der Waals surface area contributed by atoms with Crippen LogP contribution in [-0.4, -0.2) is 5.75 Å². The van der Waals surface area contributed by atoms with Crippen molar-refractivity contribution in [2.75, 3.05) is 5.75 Å². The molecule has 0 aliphatic heterocycles. The van der Waals surface area contributed by atoms with Crippen LogP contribution in [0.5, 0.6) is 0 Å². The van der Waals surface area contributed by atoms with Gasteiger partial charge >= 0.3 is 0 Å². The lowest BCUT2D eigenvalue weighted by Gasteiger charge is -2.20. The van der Waals surface area contributed by atoms with Gasteiger partial charge in [0.15, 0.2) is 0 Å². The van der Waals surface area contributed by atoms with E-state index in [1.165, 1.54) is 44.3 Å². The maximum Gasteiger partial charge on any atom is 0.00235 e. The Balaban J connectivity index is 2.02. The van der Waals surface area contributed by atoms with Crippen LogP contribution in [0.3, 0.4) is 0 Å². The molecule has 1 rings (SSSR count). The Kier molecular flexibility index (Phi) is 4.27. The van der Waals surface area contributed by atoms with Crippen molar-refractivity contribution < 1.29 is 0 Å². The molecule has 59 valence electrons. The number of rotatable bonds is 3. The third-order valence-electron chi connectivity index (χ3n) is 2.40. The molecule has 0 atom stereocenters. The van der Waals surface area contributed by atoms with Gasteiger partial charge in [-0.2, -0.15) is 11.8 Å². The predicted octanol–water partition coefficient (Wildman–Crippen LogP) is 3.48. The van der Waals surface area contributed by atoms with Crippen LogP contribution in [0.4, 0.5) is 0 Å². The summed E-state index contributed by atoms with van der Waals surface area (Å²) in [6.45, 7) is 0. The van der Waals surface area contributed by atoms with Crippen molar-refractivity contribution in [3.8, 4) is 0 Å². The minimum atomic E-state index is 1.04. The van der Waals surface area contributed by atoms with Crippen LogP contribution >= 0.6 is 11.8 Å². The lowest BCUT2D eigenvalue weighted by atomic mass is 9.88. The van der Waals surface area contributed by atoms with Crippen LogP contribution in [-0.2, 0) is 0 Å². The summed E-state index contributed by atoms with van der Waals surface area (Å²) >= 11 is 1.75. The number of thioether (sulfide) groups is 1. The van der Waals surface area contributed by atoms with Gasteiger partial charge in [-0.15, -0.1) is 0 Å². The quantitative estimate of drug-likeness (QED) is 0.604. The molecule has 10 heavy (non-hydrogen) atoms. The van der Waals surface area contributed by atoms with E-state index in [0.717, 1.165) is 5.92 Å². The lowest BCUT2D eigenvalue weighted by molar-refractivity contribution is 0.352. The molecule has 0 amide bonds. The first kappa shape index (κ1) is 8.45. The van der Waals surface area contributed by atoms with Gasteiger partial charge in [-0.3, -0.25) is 0 Å². The Labute approximate surface area is 68.8 Å². The minimum Gasteiger partial charge on any atom is -0.161 e. The Bertz CT molecular complexity index is 74.8. The maximum absolute atomic E-state index is 3.79. The minimum absolute atomic E-state index is 1.04. The van der Waals surface area contributed by atoms with Gasteiger partial charge in [-0.05, 0) is 18.1 Å². The van der Waals surface area contributed by atoms with E-state index in [1.807, 2.05) is 0 Å². The van der Waals surface area contributed by atoms with Crippen LogP contribution in [0, 0.1) is 12.2 Å². The summed E-state index contributed by atoms with van der Waals surface area (Å²) in [4.78, 5) is 0. The van der Waals surface area contributed by atoms with Gasteiger partial charge in [-0.1, -0.05) is 32.1 Å². The van der Waals surface area contributed by atoms with E-state index in [4.69, 9.17) is 0 Å². The van der Waals surface area contributed by atoms with Crippen molar-refractivity contribution in [2.45, 2.75) is 38.5 Å². The molecule has 0 nitrogen and oxygen atoms in total. The van der Waals surface area contributed by atoms with Gasteiger partial charge in [0.25, 0.3) is 0 Å². The van der Waals surface area contributed by atoms with Crippen molar-refractivity contribution in [1.82, 2.24) is 0 Å².